The zero-order valence-electron chi connectivity index (χ0n) is 16.7. The average Bonchev–Trinajstić information content (AvgIpc) is 3.25. The Balaban J connectivity index is 1.88. The van der Waals surface area contributed by atoms with Crippen molar-refractivity contribution in [1.29, 1.82) is 0 Å². The van der Waals surface area contributed by atoms with E-state index in [0.29, 0.717) is 16.3 Å². The third kappa shape index (κ3) is 4.18. The summed E-state index contributed by atoms with van der Waals surface area (Å²) in [4.78, 5) is 37.9. The van der Waals surface area contributed by atoms with Crippen molar-refractivity contribution >= 4 is 45.5 Å². The lowest BCUT2D eigenvalue weighted by atomic mass is 10.1. The first-order valence-corrected chi connectivity index (χ1v) is 10.0. The molecule has 1 aromatic heterocycles. The van der Waals surface area contributed by atoms with Crippen molar-refractivity contribution in [1.82, 2.24) is 0 Å². The Morgan fingerprint density at radius 1 is 1.30 bits per heavy atom. The Morgan fingerprint density at radius 3 is 2.57 bits per heavy atom. The molecule has 0 bridgehead atoms. The molecule has 1 aromatic carbocycles. The molecule has 0 saturated carbocycles. The number of hydrogen-bond donors (Lipinski definition) is 2. The highest BCUT2D eigenvalue weighted by molar-refractivity contribution is 7.17. The number of aryl methyl sites for hydroxylation is 1. The van der Waals surface area contributed by atoms with Crippen LogP contribution < -0.4 is 16.1 Å². The molecule has 1 unspecified atom stereocenters. The van der Waals surface area contributed by atoms with Gasteiger partial charge in [0.1, 0.15) is 22.6 Å². The summed E-state index contributed by atoms with van der Waals surface area (Å²) < 4.78 is 18.3. The second-order valence-electron chi connectivity index (χ2n) is 6.65. The van der Waals surface area contributed by atoms with E-state index in [2.05, 4.69) is 10.4 Å². The summed E-state index contributed by atoms with van der Waals surface area (Å²) in [5.41, 5.74) is 7.00. The summed E-state index contributed by atoms with van der Waals surface area (Å²) >= 11 is 1.25. The Bertz CT molecular complexity index is 1030. The minimum atomic E-state index is -0.882. The van der Waals surface area contributed by atoms with Crippen LogP contribution in [0.4, 0.5) is 15.1 Å². The number of esters is 1. The maximum Gasteiger partial charge on any atom is 0.341 e. The molecule has 10 heteroatoms. The molecule has 1 aliphatic rings. The smallest absolute Gasteiger partial charge is 0.341 e. The number of hydrogen-bond acceptors (Lipinski definition) is 7. The number of carbonyl (C=O) groups is 3. The number of primary amides is 1. The van der Waals surface area contributed by atoms with Gasteiger partial charge in [-0.25, -0.2) is 9.18 Å². The summed E-state index contributed by atoms with van der Waals surface area (Å²) in [6.45, 7) is 5.53. The van der Waals surface area contributed by atoms with Gasteiger partial charge in [-0.3, -0.25) is 14.6 Å². The van der Waals surface area contributed by atoms with Crippen molar-refractivity contribution in [2.75, 3.05) is 16.9 Å². The van der Waals surface area contributed by atoms with E-state index in [9.17, 15) is 18.8 Å². The van der Waals surface area contributed by atoms with Crippen LogP contribution in [0, 0.1) is 19.7 Å². The van der Waals surface area contributed by atoms with E-state index >= 15 is 0 Å². The van der Waals surface area contributed by atoms with Gasteiger partial charge in [0, 0.05) is 11.3 Å². The fourth-order valence-electron chi connectivity index (χ4n) is 3.04. The van der Waals surface area contributed by atoms with Crippen LogP contribution in [0.15, 0.2) is 29.4 Å². The zero-order valence-corrected chi connectivity index (χ0v) is 17.5. The fourth-order valence-corrected chi connectivity index (χ4v) is 4.08. The molecule has 30 heavy (non-hydrogen) atoms. The normalized spacial score (nSPS) is 15.7. The molecular weight excluding hydrogens is 411 g/mol. The first kappa shape index (κ1) is 21.4. The molecule has 0 saturated heterocycles. The first-order chi connectivity index (χ1) is 14.2. The summed E-state index contributed by atoms with van der Waals surface area (Å²) in [5, 5.41) is 8.59. The standard InChI is InChI=1S/C20H21FN4O4S/c1-4-29-20(28)16-10(2)11(3)30-19(16)23-18(27)14-9-15(17(22)26)25(24-14)13-7-5-12(21)6-8-13/h5-8,15H,4,9H2,1-3H3,(H2,22,26)(H,23,27). The van der Waals surface area contributed by atoms with Crippen molar-refractivity contribution in [2.45, 2.75) is 33.2 Å². The van der Waals surface area contributed by atoms with E-state index < -0.39 is 29.6 Å². The topological polar surface area (TPSA) is 114 Å². The van der Waals surface area contributed by atoms with Gasteiger partial charge in [0.05, 0.1) is 17.9 Å². The van der Waals surface area contributed by atoms with Gasteiger partial charge < -0.3 is 15.8 Å². The van der Waals surface area contributed by atoms with E-state index in [4.69, 9.17) is 10.5 Å². The van der Waals surface area contributed by atoms with E-state index in [-0.39, 0.29) is 18.7 Å². The lowest BCUT2D eigenvalue weighted by Gasteiger charge is -2.20. The number of rotatable bonds is 6. The third-order valence-corrected chi connectivity index (χ3v) is 5.81. The van der Waals surface area contributed by atoms with Crippen LogP contribution in [0.2, 0.25) is 0 Å². The molecule has 2 amide bonds. The van der Waals surface area contributed by atoms with Gasteiger partial charge in [-0.2, -0.15) is 5.10 Å². The van der Waals surface area contributed by atoms with Crippen LogP contribution in [0.3, 0.4) is 0 Å². The van der Waals surface area contributed by atoms with Crippen molar-refractivity contribution in [3.63, 3.8) is 0 Å². The molecule has 2 aromatic rings. The summed E-state index contributed by atoms with van der Waals surface area (Å²) in [6, 6.07) is 4.46. The van der Waals surface area contributed by atoms with Crippen LogP contribution in [0.1, 0.15) is 34.1 Å². The van der Waals surface area contributed by atoms with Crippen molar-refractivity contribution < 1.29 is 23.5 Å². The van der Waals surface area contributed by atoms with Crippen molar-refractivity contribution in [3.05, 3.63) is 46.1 Å². The van der Waals surface area contributed by atoms with Gasteiger partial charge in [0.15, 0.2) is 0 Å². The highest BCUT2D eigenvalue weighted by Crippen LogP contribution is 2.33. The van der Waals surface area contributed by atoms with Crippen LogP contribution in [-0.2, 0) is 14.3 Å². The summed E-state index contributed by atoms with van der Waals surface area (Å²) in [7, 11) is 0. The van der Waals surface area contributed by atoms with Crippen LogP contribution >= 0.6 is 11.3 Å². The highest BCUT2D eigenvalue weighted by atomic mass is 32.1. The SMILES string of the molecule is CCOC(=O)c1c(NC(=O)C2=NN(c3ccc(F)cc3)C(C(N)=O)C2)sc(C)c1C. The third-order valence-electron chi connectivity index (χ3n) is 4.68. The quantitative estimate of drug-likeness (QED) is 0.682. The molecule has 0 fully saturated rings. The number of hydrazone groups is 1. The number of nitrogens with one attached hydrogen (secondary N) is 1. The van der Waals surface area contributed by atoms with E-state index in [1.165, 1.54) is 40.6 Å². The molecule has 0 spiro atoms. The van der Waals surface area contributed by atoms with Crippen LogP contribution in [0.25, 0.3) is 0 Å². The van der Waals surface area contributed by atoms with Crippen molar-refractivity contribution in [3.8, 4) is 0 Å². The largest absolute Gasteiger partial charge is 0.462 e. The maximum atomic E-state index is 13.2. The second kappa shape index (κ2) is 8.62. The lowest BCUT2D eigenvalue weighted by molar-refractivity contribution is -0.119. The minimum absolute atomic E-state index is 0.0172. The number of anilines is 2. The van der Waals surface area contributed by atoms with E-state index in [1.54, 1.807) is 13.8 Å². The predicted octanol–water partition coefficient (Wildman–Crippen LogP) is 2.74. The minimum Gasteiger partial charge on any atom is -0.462 e. The number of halogens is 1. The molecular formula is C20H21FN4O4S. The van der Waals surface area contributed by atoms with Crippen LogP contribution in [0.5, 0.6) is 0 Å². The number of benzene rings is 1. The molecule has 3 N–H and O–H groups in total. The molecule has 158 valence electrons. The Hall–Kier alpha value is -3.27. The fraction of sp³-hybridized carbons (Fsp3) is 0.300. The molecule has 2 heterocycles. The van der Waals surface area contributed by atoms with Crippen LogP contribution in [-0.4, -0.2) is 36.1 Å². The zero-order chi connectivity index (χ0) is 22.0. The Labute approximate surface area is 176 Å². The molecule has 0 radical (unpaired) electrons. The van der Waals surface area contributed by atoms with Gasteiger partial charge in [-0.15, -0.1) is 11.3 Å². The Morgan fingerprint density at radius 2 is 1.97 bits per heavy atom. The number of ether oxygens (including phenoxy) is 1. The van der Waals surface area contributed by atoms with Crippen molar-refractivity contribution in [2.24, 2.45) is 10.8 Å². The molecule has 0 aliphatic carbocycles. The lowest BCUT2D eigenvalue weighted by Crippen LogP contribution is -2.39. The number of amides is 2. The van der Waals surface area contributed by atoms with E-state index in [0.717, 1.165) is 10.4 Å². The number of carbonyl (C=O) groups excluding carboxylic acids is 3. The van der Waals surface area contributed by atoms with Gasteiger partial charge >= 0.3 is 5.97 Å². The average molecular weight is 432 g/mol. The summed E-state index contributed by atoms with van der Waals surface area (Å²) in [6.07, 6.45) is -0.0172. The van der Waals surface area contributed by atoms with Gasteiger partial charge in [-0.05, 0) is 50.6 Å². The predicted molar refractivity (Wildman–Crippen MR) is 112 cm³/mol. The highest BCUT2D eigenvalue weighted by Gasteiger charge is 2.35. The van der Waals surface area contributed by atoms with Gasteiger partial charge in [-0.1, -0.05) is 0 Å². The van der Waals surface area contributed by atoms with Gasteiger partial charge in [0.2, 0.25) is 5.91 Å². The van der Waals surface area contributed by atoms with E-state index in [1.807, 2.05) is 6.92 Å². The maximum absolute atomic E-state index is 13.2. The monoisotopic (exact) mass is 432 g/mol. The molecule has 8 nitrogen and oxygen atoms in total. The Kier molecular flexibility index (Phi) is 6.16. The molecule has 3 rings (SSSR count). The molecule has 1 aliphatic heterocycles. The molecule has 1 atom stereocenters. The number of thiophene rings is 1. The second-order valence-corrected chi connectivity index (χ2v) is 7.88. The number of nitrogens with two attached hydrogens (primary N) is 1. The number of nitrogens with zero attached hydrogens (tertiary/aromatic N) is 2. The summed E-state index contributed by atoms with van der Waals surface area (Å²) in [5.74, 6) is -2.19. The van der Waals surface area contributed by atoms with Gasteiger partial charge in [0.25, 0.3) is 5.91 Å². The first-order valence-electron chi connectivity index (χ1n) is 9.23.